The molecule has 1 amide bonds. The molecule has 0 radical (unpaired) electrons. The number of carbonyl (C=O) groups excluding carboxylic acids is 1. The van der Waals surface area contributed by atoms with Gasteiger partial charge in [-0.05, 0) is 38.5 Å². The lowest BCUT2D eigenvalue weighted by molar-refractivity contribution is -0.137. The van der Waals surface area contributed by atoms with Crippen molar-refractivity contribution in [3.63, 3.8) is 0 Å². The van der Waals surface area contributed by atoms with Gasteiger partial charge in [0.05, 0.1) is 12.7 Å². The van der Waals surface area contributed by atoms with Gasteiger partial charge in [-0.2, -0.15) is 0 Å². The van der Waals surface area contributed by atoms with Gasteiger partial charge < -0.3 is 19.9 Å². The highest BCUT2D eigenvalue weighted by Crippen LogP contribution is 2.26. The van der Waals surface area contributed by atoms with E-state index in [1.54, 1.807) is 14.0 Å². The van der Waals surface area contributed by atoms with Gasteiger partial charge in [-0.15, -0.1) is 0 Å². The molecule has 1 aliphatic rings. The first-order valence-electron chi connectivity index (χ1n) is 6.70. The normalized spacial score (nSPS) is 25.7. The first-order chi connectivity index (χ1) is 8.67. The molecule has 5 heteroatoms. The Morgan fingerprint density at radius 1 is 1.39 bits per heavy atom. The summed E-state index contributed by atoms with van der Waals surface area (Å²) in [6.07, 6.45) is 3.56. The average molecular weight is 259 g/mol. The zero-order chi connectivity index (χ0) is 13.4. The summed E-state index contributed by atoms with van der Waals surface area (Å²) in [5, 5.41) is 11.8. The van der Waals surface area contributed by atoms with Gasteiger partial charge in [-0.25, -0.2) is 0 Å². The van der Waals surface area contributed by atoms with E-state index in [1.807, 2.05) is 0 Å². The summed E-state index contributed by atoms with van der Waals surface area (Å²) < 4.78 is 10.6. The molecule has 0 heterocycles. The fourth-order valence-electron chi connectivity index (χ4n) is 2.22. The average Bonchev–Trinajstić information content (AvgIpc) is 2.39. The van der Waals surface area contributed by atoms with Crippen molar-refractivity contribution in [1.82, 2.24) is 5.32 Å². The smallest absolute Gasteiger partial charge is 0.248 e. The molecule has 0 aromatic carbocycles. The number of ether oxygens (including phenoxy) is 2. The third-order valence-electron chi connectivity index (χ3n) is 3.42. The van der Waals surface area contributed by atoms with E-state index < -0.39 is 6.10 Å². The van der Waals surface area contributed by atoms with Crippen LogP contribution in [0.5, 0.6) is 0 Å². The first-order valence-corrected chi connectivity index (χ1v) is 6.70. The van der Waals surface area contributed by atoms with Crippen LogP contribution in [0.2, 0.25) is 0 Å². The number of nitrogens with one attached hydrogen (secondary N) is 1. The molecular formula is C13H25NO4. The second-order valence-corrected chi connectivity index (χ2v) is 4.89. The van der Waals surface area contributed by atoms with Crippen molar-refractivity contribution >= 4 is 5.91 Å². The molecule has 0 aromatic rings. The minimum absolute atomic E-state index is 0.0867. The fourth-order valence-corrected chi connectivity index (χ4v) is 2.22. The molecule has 1 saturated carbocycles. The summed E-state index contributed by atoms with van der Waals surface area (Å²) in [6, 6.07) is 0. The van der Waals surface area contributed by atoms with Crippen LogP contribution in [0.4, 0.5) is 0 Å². The van der Waals surface area contributed by atoms with Crippen molar-refractivity contribution in [3.8, 4) is 0 Å². The number of methoxy groups -OCH3 is 1. The van der Waals surface area contributed by atoms with Crippen LogP contribution in [0.15, 0.2) is 0 Å². The molecule has 0 saturated heterocycles. The van der Waals surface area contributed by atoms with Crippen molar-refractivity contribution < 1.29 is 19.4 Å². The summed E-state index contributed by atoms with van der Waals surface area (Å²) in [4.78, 5) is 11.7. The van der Waals surface area contributed by atoms with E-state index in [9.17, 15) is 4.79 Å². The number of rotatable bonds is 7. The molecular weight excluding hydrogens is 234 g/mol. The van der Waals surface area contributed by atoms with E-state index in [0.717, 1.165) is 25.7 Å². The van der Waals surface area contributed by atoms with Crippen LogP contribution in [0.1, 0.15) is 32.6 Å². The lowest BCUT2D eigenvalue weighted by Gasteiger charge is -2.29. The van der Waals surface area contributed by atoms with Gasteiger partial charge in [0.1, 0.15) is 6.10 Å². The maximum absolute atomic E-state index is 11.7. The molecule has 2 N–H and O–H groups in total. The molecule has 0 spiro atoms. The van der Waals surface area contributed by atoms with Gasteiger partial charge in [-0.3, -0.25) is 4.79 Å². The quantitative estimate of drug-likeness (QED) is 0.661. The van der Waals surface area contributed by atoms with Gasteiger partial charge in [-0.1, -0.05) is 0 Å². The van der Waals surface area contributed by atoms with Crippen molar-refractivity contribution in [2.75, 3.05) is 26.9 Å². The molecule has 1 unspecified atom stereocenters. The lowest BCUT2D eigenvalue weighted by Crippen LogP contribution is -2.39. The molecule has 0 aliphatic heterocycles. The Balaban J connectivity index is 2.19. The molecule has 18 heavy (non-hydrogen) atoms. The minimum Gasteiger partial charge on any atom is -0.396 e. The topological polar surface area (TPSA) is 67.8 Å². The predicted molar refractivity (Wildman–Crippen MR) is 68.3 cm³/mol. The summed E-state index contributed by atoms with van der Waals surface area (Å²) in [5.41, 5.74) is 0. The maximum Gasteiger partial charge on any atom is 0.248 e. The third kappa shape index (κ3) is 5.33. The summed E-state index contributed by atoms with van der Waals surface area (Å²) in [5.74, 6) is 0.326. The van der Waals surface area contributed by atoms with Crippen LogP contribution in [0, 0.1) is 5.92 Å². The molecule has 1 aliphatic carbocycles. The molecule has 0 bridgehead atoms. The van der Waals surface area contributed by atoms with E-state index in [-0.39, 0.29) is 18.6 Å². The molecule has 1 rings (SSSR count). The van der Waals surface area contributed by atoms with E-state index in [0.29, 0.717) is 19.1 Å². The Hall–Kier alpha value is -0.650. The predicted octanol–water partition coefficient (Wildman–Crippen LogP) is 0.705. The van der Waals surface area contributed by atoms with E-state index in [1.165, 1.54) is 0 Å². The first kappa shape index (κ1) is 15.4. The monoisotopic (exact) mass is 259 g/mol. The highest BCUT2D eigenvalue weighted by molar-refractivity contribution is 5.80. The Labute approximate surface area is 109 Å². The van der Waals surface area contributed by atoms with Crippen LogP contribution in [-0.4, -0.2) is 50.1 Å². The molecule has 106 valence electrons. The highest BCUT2D eigenvalue weighted by Gasteiger charge is 2.24. The van der Waals surface area contributed by atoms with E-state index in [4.69, 9.17) is 14.6 Å². The van der Waals surface area contributed by atoms with Crippen LogP contribution in [0.25, 0.3) is 0 Å². The van der Waals surface area contributed by atoms with Crippen molar-refractivity contribution in [3.05, 3.63) is 0 Å². The SMILES string of the molecule is COCCNC(=O)C(C)OC1CCC(CO)CC1. The lowest BCUT2D eigenvalue weighted by atomic mass is 9.88. The van der Waals surface area contributed by atoms with E-state index in [2.05, 4.69) is 5.32 Å². The van der Waals surface area contributed by atoms with Crippen molar-refractivity contribution in [2.24, 2.45) is 5.92 Å². The van der Waals surface area contributed by atoms with Crippen LogP contribution in [-0.2, 0) is 14.3 Å². The summed E-state index contributed by atoms with van der Waals surface area (Å²) in [6.45, 7) is 3.07. The van der Waals surface area contributed by atoms with Gasteiger partial charge in [0.25, 0.3) is 0 Å². The number of carbonyl (C=O) groups is 1. The second kappa shape index (κ2) is 8.45. The molecule has 0 aromatic heterocycles. The largest absolute Gasteiger partial charge is 0.396 e. The molecule has 1 fully saturated rings. The molecule has 5 nitrogen and oxygen atoms in total. The zero-order valence-electron chi connectivity index (χ0n) is 11.4. The third-order valence-corrected chi connectivity index (χ3v) is 3.42. The van der Waals surface area contributed by atoms with Crippen molar-refractivity contribution in [2.45, 2.75) is 44.8 Å². The summed E-state index contributed by atoms with van der Waals surface area (Å²) in [7, 11) is 1.60. The Morgan fingerprint density at radius 3 is 2.61 bits per heavy atom. The van der Waals surface area contributed by atoms with Gasteiger partial charge in [0.15, 0.2) is 0 Å². The van der Waals surface area contributed by atoms with E-state index >= 15 is 0 Å². The van der Waals surface area contributed by atoms with Gasteiger partial charge in [0.2, 0.25) is 5.91 Å². The van der Waals surface area contributed by atoms with Crippen LogP contribution in [0.3, 0.4) is 0 Å². The maximum atomic E-state index is 11.7. The number of hydrogen-bond acceptors (Lipinski definition) is 4. The Bertz CT molecular complexity index is 239. The standard InChI is InChI=1S/C13H25NO4/c1-10(13(16)14-7-8-17-2)18-12-5-3-11(9-15)4-6-12/h10-12,15H,3-9H2,1-2H3,(H,14,16). The number of hydrogen-bond donors (Lipinski definition) is 2. The van der Waals surface area contributed by atoms with Crippen LogP contribution < -0.4 is 5.32 Å². The molecule has 1 atom stereocenters. The Kier molecular flexibility index (Phi) is 7.23. The summed E-state index contributed by atoms with van der Waals surface area (Å²) >= 11 is 0. The zero-order valence-corrected chi connectivity index (χ0v) is 11.4. The van der Waals surface area contributed by atoms with Gasteiger partial charge >= 0.3 is 0 Å². The second-order valence-electron chi connectivity index (χ2n) is 4.89. The van der Waals surface area contributed by atoms with Crippen molar-refractivity contribution in [1.29, 1.82) is 0 Å². The minimum atomic E-state index is -0.419. The highest BCUT2D eigenvalue weighted by atomic mass is 16.5. The van der Waals surface area contributed by atoms with Crippen LogP contribution >= 0.6 is 0 Å². The fraction of sp³-hybridized carbons (Fsp3) is 0.923. The number of aliphatic hydroxyl groups is 1. The number of aliphatic hydroxyl groups excluding tert-OH is 1. The number of amides is 1. The van der Waals surface area contributed by atoms with Gasteiger partial charge in [0, 0.05) is 20.3 Å². The Morgan fingerprint density at radius 2 is 2.06 bits per heavy atom.